The highest BCUT2D eigenvalue weighted by atomic mass is 15.1. The van der Waals surface area contributed by atoms with Crippen LogP contribution in [0.3, 0.4) is 0 Å². The molecule has 0 fully saturated rings. The molecule has 8 nitrogen and oxygen atoms in total. The Kier molecular flexibility index (Phi) is 13.9. The molecular weight excluding hydrogens is 617 g/mol. The van der Waals surface area contributed by atoms with Crippen molar-refractivity contribution >= 4 is 24.3 Å². The van der Waals surface area contributed by atoms with Crippen molar-refractivity contribution in [2.24, 2.45) is 11.8 Å². The SMILES string of the molecule is CCCCC(CC)Cn1c(/C=C/c2ccc(-c3ccc(/C=C/c4nc(C#N)c(C#N)n4CC(CC)CCCC)cc3)cc2)nc(C#N)c1C#N. The fraction of sp³-hybridized carbons (Fsp3) is 0.381. The zero-order valence-electron chi connectivity index (χ0n) is 29.7. The van der Waals surface area contributed by atoms with Crippen LogP contribution in [0.1, 0.15) is 125 Å². The minimum Gasteiger partial charge on any atom is -0.315 e. The molecule has 2 unspecified atom stereocenters. The molecule has 8 heteroatoms. The first-order chi connectivity index (χ1) is 24.4. The molecule has 0 radical (unpaired) electrons. The molecule has 0 saturated carbocycles. The Morgan fingerprint density at radius 2 is 0.940 bits per heavy atom. The second kappa shape index (κ2) is 18.7. The number of unbranched alkanes of at least 4 members (excludes halogenated alkanes) is 2. The molecule has 2 atom stereocenters. The first kappa shape index (κ1) is 37.1. The number of nitrogens with zero attached hydrogens (tertiary/aromatic N) is 8. The molecule has 2 heterocycles. The summed E-state index contributed by atoms with van der Waals surface area (Å²) in [4.78, 5) is 8.98. The van der Waals surface area contributed by atoms with Crippen LogP contribution < -0.4 is 0 Å². The fourth-order valence-corrected chi connectivity index (χ4v) is 6.21. The summed E-state index contributed by atoms with van der Waals surface area (Å²) in [5.74, 6) is 2.08. The molecule has 0 aliphatic heterocycles. The van der Waals surface area contributed by atoms with Gasteiger partial charge in [-0.15, -0.1) is 0 Å². The second-order valence-corrected chi connectivity index (χ2v) is 12.7. The van der Waals surface area contributed by atoms with Crippen molar-refractivity contribution in [2.45, 2.75) is 92.2 Å². The van der Waals surface area contributed by atoms with Crippen LogP contribution in [0.5, 0.6) is 0 Å². The predicted octanol–water partition coefficient (Wildman–Crippen LogP) is 10.0. The molecule has 4 aromatic rings. The number of nitriles is 4. The Labute approximate surface area is 297 Å². The molecule has 0 spiro atoms. The summed E-state index contributed by atoms with van der Waals surface area (Å²) >= 11 is 0. The number of benzene rings is 2. The first-order valence-corrected chi connectivity index (χ1v) is 17.8. The highest BCUT2D eigenvalue weighted by Crippen LogP contribution is 2.25. The highest BCUT2D eigenvalue weighted by Gasteiger charge is 2.20. The summed E-state index contributed by atoms with van der Waals surface area (Å²) < 4.78 is 3.80. The van der Waals surface area contributed by atoms with E-state index in [0.717, 1.165) is 73.6 Å². The Bertz CT molecular complexity index is 1800. The maximum Gasteiger partial charge on any atom is 0.177 e. The van der Waals surface area contributed by atoms with Gasteiger partial charge in [0, 0.05) is 13.1 Å². The van der Waals surface area contributed by atoms with Crippen molar-refractivity contribution in [1.29, 1.82) is 21.0 Å². The molecular formula is C42H46N8. The molecule has 0 aliphatic rings. The number of hydrogen-bond donors (Lipinski definition) is 0. The van der Waals surface area contributed by atoms with Gasteiger partial charge in [-0.1, -0.05) is 127 Å². The Morgan fingerprint density at radius 3 is 1.24 bits per heavy atom. The summed E-state index contributed by atoms with van der Waals surface area (Å²) in [7, 11) is 0. The number of aromatic nitrogens is 4. The first-order valence-electron chi connectivity index (χ1n) is 17.8. The molecule has 50 heavy (non-hydrogen) atoms. The standard InChI is InChI=1S/C42H46N8/c1-5-9-11-31(7-3)29-49-39(27-45)37(25-43)47-41(49)23-17-33-13-19-35(20-14-33)36-21-15-34(16-22-36)18-24-42-48-38(26-44)40(28-46)50(42)30-32(8-4)12-10-6-2/h13-24,31-32H,5-12,29-30H2,1-4H3/b23-17+,24-18+. The summed E-state index contributed by atoms with van der Waals surface area (Å²) in [6.07, 6.45) is 16.4. The van der Waals surface area contributed by atoms with Crippen molar-refractivity contribution in [2.75, 3.05) is 0 Å². The third kappa shape index (κ3) is 9.25. The van der Waals surface area contributed by atoms with Gasteiger partial charge in [0.15, 0.2) is 22.8 Å². The average Bonchev–Trinajstić information content (AvgIpc) is 3.68. The lowest BCUT2D eigenvalue weighted by Gasteiger charge is -2.17. The molecule has 0 saturated heterocycles. The molecule has 0 aliphatic carbocycles. The predicted molar refractivity (Wildman–Crippen MR) is 200 cm³/mol. The van der Waals surface area contributed by atoms with Crippen LogP contribution in [0.2, 0.25) is 0 Å². The lowest BCUT2D eigenvalue weighted by molar-refractivity contribution is 0.388. The smallest absolute Gasteiger partial charge is 0.177 e. The number of rotatable bonds is 17. The van der Waals surface area contributed by atoms with Crippen molar-refractivity contribution in [3.8, 4) is 35.4 Å². The van der Waals surface area contributed by atoms with Crippen molar-refractivity contribution in [3.05, 3.63) is 94.1 Å². The maximum atomic E-state index is 9.82. The van der Waals surface area contributed by atoms with E-state index in [1.54, 1.807) is 0 Å². The van der Waals surface area contributed by atoms with Gasteiger partial charge >= 0.3 is 0 Å². The van der Waals surface area contributed by atoms with Crippen molar-refractivity contribution in [3.63, 3.8) is 0 Å². The van der Waals surface area contributed by atoms with E-state index in [-0.39, 0.29) is 11.4 Å². The monoisotopic (exact) mass is 662 g/mol. The van der Waals surface area contributed by atoms with Gasteiger partial charge in [-0.2, -0.15) is 21.0 Å². The van der Waals surface area contributed by atoms with Gasteiger partial charge in [-0.05, 0) is 59.1 Å². The van der Waals surface area contributed by atoms with Crippen LogP contribution in [-0.2, 0) is 13.1 Å². The minimum atomic E-state index is 0.169. The van der Waals surface area contributed by atoms with E-state index in [0.29, 0.717) is 48.0 Å². The molecule has 4 rings (SSSR count). The zero-order chi connectivity index (χ0) is 35.9. The van der Waals surface area contributed by atoms with Crippen molar-refractivity contribution in [1.82, 2.24) is 19.1 Å². The summed E-state index contributed by atoms with van der Waals surface area (Å²) in [6.45, 7) is 10.0. The molecule has 254 valence electrons. The van der Waals surface area contributed by atoms with Gasteiger partial charge in [-0.25, -0.2) is 9.97 Å². The van der Waals surface area contributed by atoms with Crippen LogP contribution in [-0.4, -0.2) is 19.1 Å². The Balaban J connectivity index is 1.50. The number of imidazole rings is 2. The normalized spacial score (nSPS) is 12.4. The van der Waals surface area contributed by atoms with Crippen LogP contribution in [0.15, 0.2) is 48.5 Å². The lowest BCUT2D eigenvalue weighted by atomic mass is 9.99. The third-order valence-electron chi connectivity index (χ3n) is 9.39. The van der Waals surface area contributed by atoms with E-state index >= 15 is 0 Å². The van der Waals surface area contributed by atoms with Crippen LogP contribution in [0.4, 0.5) is 0 Å². The van der Waals surface area contributed by atoms with Crippen LogP contribution in [0.25, 0.3) is 35.4 Å². The van der Waals surface area contributed by atoms with E-state index in [1.165, 1.54) is 0 Å². The molecule has 0 amide bonds. The largest absolute Gasteiger partial charge is 0.315 e. The summed E-state index contributed by atoms with van der Waals surface area (Å²) in [6, 6.07) is 25.1. The second-order valence-electron chi connectivity index (χ2n) is 12.7. The summed E-state index contributed by atoms with van der Waals surface area (Å²) in [5.41, 5.74) is 5.11. The topological polar surface area (TPSA) is 131 Å². The average molecular weight is 663 g/mol. The molecule has 0 bridgehead atoms. The third-order valence-corrected chi connectivity index (χ3v) is 9.39. The van der Waals surface area contributed by atoms with Gasteiger partial charge in [-0.3, -0.25) is 0 Å². The lowest BCUT2D eigenvalue weighted by Crippen LogP contribution is -2.13. The van der Waals surface area contributed by atoms with E-state index < -0.39 is 0 Å². The summed E-state index contributed by atoms with van der Waals surface area (Å²) in [5, 5.41) is 38.9. The Hall–Kier alpha value is -5.70. The van der Waals surface area contributed by atoms with Gasteiger partial charge in [0.25, 0.3) is 0 Å². The quantitative estimate of drug-likeness (QED) is 0.111. The number of hydrogen-bond acceptors (Lipinski definition) is 6. The van der Waals surface area contributed by atoms with E-state index in [9.17, 15) is 21.0 Å². The maximum absolute atomic E-state index is 9.82. The van der Waals surface area contributed by atoms with Gasteiger partial charge in [0.2, 0.25) is 0 Å². The minimum absolute atomic E-state index is 0.169. The van der Waals surface area contributed by atoms with Gasteiger partial charge in [0.05, 0.1) is 0 Å². The van der Waals surface area contributed by atoms with E-state index in [2.05, 4.69) is 86.2 Å². The fourth-order valence-electron chi connectivity index (χ4n) is 6.21. The van der Waals surface area contributed by atoms with Gasteiger partial charge in [0.1, 0.15) is 35.9 Å². The molecule has 2 aromatic carbocycles. The highest BCUT2D eigenvalue weighted by molar-refractivity contribution is 5.73. The molecule has 0 N–H and O–H groups in total. The zero-order valence-corrected chi connectivity index (χ0v) is 29.7. The van der Waals surface area contributed by atoms with Gasteiger partial charge < -0.3 is 9.13 Å². The van der Waals surface area contributed by atoms with E-state index in [1.807, 2.05) is 57.7 Å². The Morgan fingerprint density at radius 1 is 0.560 bits per heavy atom. The van der Waals surface area contributed by atoms with Crippen LogP contribution >= 0.6 is 0 Å². The van der Waals surface area contributed by atoms with E-state index in [4.69, 9.17) is 0 Å². The van der Waals surface area contributed by atoms with Crippen LogP contribution in [0, 0.1) is 57.2 Å². The van der Waals surface area contributed by atoms with Crippen molar-refractivity contribution < 1.29 is 0 Å². The molecule has 2 aromatic heterocycles.